The van der Waals surface area contributed by atoms with Gasteiger partial charge in [0.1, 0.15) is 11.5 Å². The van der Waals surface area contributed by atoms with Gasteiger partial charge in [-0.2, -0.15) is 18.3 Å². The summed E-state index contributed by atoms with van der Waals surface area (Å²) in [6.07, 6.45) is -0.486. The van der Waals surface area contributed by atoms with Gasteiger partial charge in [0.15, 0.2) is 5.69 Å². The summed E-state index contributed by atoms with van der Waals surface area (Å²) in [6, 6.07) is 20.1. The number of amides is 2. The summed E-state index contributed by atoms with van der Waals surface area (Å²) in [4.78, 5) is 33.2. The number of rotatable bonds is 10. The van der Waals surface area contributed by atoms with Crippen molar-refractivity contribution in [2.45, 2.75) is 44.7 Å². The number of carbonyl (C=O) groups excluding carboxylic acids is 2. The van der Waals surface area contributed by atoms with E-state index in [9.17, 15) is 27.2 Å². The maximum absolute atomic E-state index is 14.1. The molecule has 2 fully saturated rings. The van der Waals surface area contributed by atoms with E-state index in [0.29, 0.717) is 46.6 Å². The number of aromatic amines is 1. The van der Waals surface area contributed by atoms with Crippen LogP contribution >= 0.6 is 23.2 Å². The summed E-state index contributed by atoms with van der Waals surface area (Å²) in [5, 5.41) is 6.61. The van der Waals surface area contributed by atoms with Gasteiger partial charge >= 0.3 is 6.18 Å². The Labute approximate surface area is 304 Å². The molecule has 2 aliphatic rings. The molecule has 51 heavy (non-hydrogen) atoms. The second kappa shape index (κ2) is 16.2. The molecule has 0 radical (unpaired) electrons. The number of nitrogens with one attached hydrogen (secondary N) is 1. The molecule has 4 aromatic rings. The zero-order chi connectivity index (χ0) is 36.1. The number of benzene rings is 3. The van der Waals surface area contributed by atoms with E-state index >= 15 is 0 Å². The predicted molar refractivity (Wildman–Crippen MR) is 190 cm³/mol. The number of piperidine rings is 2. The third-order valence-corrected chi connectivity index (χ3v) is 10.7. The summed E-state index contributed by atoms with van der Waals surface area (Å²) >= 11 is 12.6. The molecular weight excluding hydrogens is 705 g/mol. The zero-order valence-corrected chi connectivity index (χ0v) is 29.5. The fourth-order valence-electron chi connectivity index (χ4n) is 7.11. The van der Waals surface area contributed by atoms with E-state index in [1.807, 2.05) is 17.2 Å². The van der Waals surface area contributed by atoms with Gasteiger partial charge in [0.25, 0.3) is 5.91 Å². The first-order valence-electron chi connectivity index (χ1n) is 17.2. The van der Waals surface area contributed by atoms with Gasteiger partial charge < -0.3 is 14.7 Å². The highest BCUT2D eigenvalue weighted by atomic mass is 35.5. The quantitative estimate of drug-likeness (QED) is 0.165. The SMILES string of the molecule is O=C(c1c(-c2ccccc2)n[nH]c1C(F)(F)F)N1CCC(C(=O)N(CCCN2CCC(Cc3ccc(F)cc3)CC2)c2ccc(Cl)c(Cl)c2)CC1. The Bertz CT molecular complexity index is 1800. The van der Waals surface area contributed by atoms with Crippen LogP contribution in [-0.2, 0) is 17.4 Å². The van der Waals surface area contributed by atoms with E-state index in [0.717, 1.165) is 50.9 Å². The maximum atomic E-state index is 14.1. The third kappa shape index (κ3) is 8.94. The topological polar surface area (TPSA) is 72.5 Å². The molecule has 2 amide bonds. The van der Waals surface area contributed by atoms with E-state index < -0.39 is 29.3 Å². The Balaban J connectivity index is 1.08. The number of carbonyl (C=O) groups is 2. The summed E-state index contributed by atoms with van der Waals surface area (Å²) in [7, 11) is 0. The minimum atomic E-state index is -4.81. The highest BCUT2D eigenvalue weighted by Gasteiger charge is 2.42. The Morgan fingerprint density at radius 2 is 1.57 bits per heavy atom. The number of hydrogen-bond donors (Lipinski definition) is 1. The molecule has 3 aromatic carbocycles. The van der Waals surface area contributed by atoms with Crippen LogP contribution in [0, 0.1) is 17.7 Å². The maximum Gasteiger partial charge on any atom is 0.433 e. The first-order valence-corrected chi connectivity index (χ1v) is 18.0. The number of likely N-dealkylation sites (tertiary alicyclic amines) is 2. The van der Waals surface area contributed by atoms with Gasteiger partial charge in [-0.15, -0.1) is 0 Å². The van der Waals surface area contributed by atoms with Crippen LogP contribution in [0.1, 0.15) is 53.7 Å². The molecule has 0 saturated carbocycles. The van der Waals surface area contributed by atoms with Crippen molar-refractivity contribution in [3.05, 3.63) is 105 Å². The molecule has 0 atom stereocenters. The Hall–Kier alpha value is -3.93. The van der Waals surface area contributed by atoms with Crippen molar-refractivity contribution in [3.8, 4) is 11.3 Å². The van der Waals surface area contributed by atoms with Crippen LogP contribution < -0.4 is 4.90 Å². The number of H-pyrrole nitrogens is 1. The lowest BCUT2D eigenvalue weighted by atomic mass is 9.90. The van der Waals surface area contributed by atoms with Crippen LogP contribution in [-0.4, -0.2) is 71.1 Å². The number of hydrogen-bond acceptors (Lipinski definition) is 4. The molecule has 0 bridgehead atoms. The van der Waals surface area contributed by atoms with Crippen molar-refractivity contribution in [1.29, 1.82) is 0 Å². The largest absolute Gasteiger partial charge is 0.433 e. The molecule has 0 unspecified atom stereocenters. The summed E-state index contributed by atoms with van der Waals surface area (Å²) in [6.45, 7) is 3.37. The second-order valence-electron chi connectivity index (χ2n) is 13.3. The van der Waals surface area contributed by atoms with Crippen LogP contribution in [0.15, 0.2) is 72.8 Å². The average Bonchev–Trinajstić information content (AvgIpc) is 3.59. The second-order valence-corrected chi connectivity index (χ2v) is 14.1. The Morgan fingerprint density at radius 3 is 2.22 bits per heavy atom. The van der Waals surface area contributed by atoms with Gasteiger partial charge in [0.2, 0.25) is 5.91 Å². The molecule has 3 heterocycles. The van der Waals surface area contributed by atoms with Crippen molar-refractivity contribution < 1.29 is 27.2 Å². The van der Waals surface area contributed by atoms with Crippen molar-refractivity contribution >= 4 is 40.7 Å². The number of anilines is 1. The van der Waals surface area contributed by atoms with Crippen molar-refractivity contribution in [2.75, 3.05) is 44.2 Å². The average molecular weight is 745 g/mol. The molecule has 0 aliphatic carbocycles. The number of nitrogens with zero attached hydrogens (tertiary/aromatic N) is 4. The molecular formula is C38H39Cl2F4N5O2. The molecule has 6 rings (SSSR count). The van der Waals surface area contributed by atoms with Crippen LogP contribution in [0.4, 0.5) is 23.2 Å². The third-order valence-electron chi connectivity index (χ3n) is 9.92. The number of halogens is 6. The lowest BCUT2D eigenvalue weighted by molar-refractivity contribution is -0.141. The van der Waals surface area contributed by atoms with Crippen LogP contribution in [0.5, 0.6) is 0 Å². The van der Waals surface area contributed by atoms with E-state index in [-0.39, 0.29) is 30.5 Å². The minimum absolute atomic E-state index is 0.0611. The number of alkyl halides is 3. The molecule has 2 aliphatic heterocycles. The summed E-state index contributed by atoms with van der Waals surface area (Å²) in [5.74, 6) is -1.03. The highest BCUT2D eigenvalue weighted by Crippen LogP contribution is 2.37. The van der Waals surface area contributed by atoms with Crippen molar-refractivity contribution in [1.82, 2.24) is 20.0 Å². The molecule has 2 saturated heterocycles. The smallest absolute Gasteiger partial charge is 0.338 e. The molecule has 1 aromatic heterocycles. The lowest BCUT2D eigenvalue weighted by Crippen LogP contribution is -2.45. The fraction of sp³-hybridized carbons (Fsp3) is 0.395. The van der Waals surface area contributed by atoms with Crippen molar-refractivity contribution in [2.24, 2.45) is 11.8 Å². The van der Waals surface area contributed by atoms with E-state index in [2.05, 4.69) is 10.00 Å². The Morgan fingerprint density at radius 1 is 0.882 bits per heavy atom. The molecule has 270 valence electrons. The van der Waals surface area contributed by atoms with Crippen LogP contribution in [0.2, 0.25) is 10.0 Å². The summed E-state index contributed by atoms with van der Waals surface area (Å²) in [5.41, 5.74) is 0.387. The van der Waals surface area contributed by atoms with Gasteiger partial charge in [-0.3, -0.25) is 14.7 Å². The van der Waals surface area contributed by atoms with Gasteiger partial charge in [-0.05, 0) is 100.0 Å². The molecule has 7 nitrogen and oxygen atoms in total. The zero-order valence-electron chi connectivity index (χ0n) is 27.9. The van der Waals surface area contributed by atoms with E-state index in [1.165, 1.54) is 17.0 Å². The van der Waals surface area contributed by atoms with E-state index in [4.69, 9.17) is 23.2 Å². The highest BCUT2D eigenvalue weighted by molar-refractivity contribution is 6.42. The van der Waals surface area contributed by atoms with Crippen LogP contribution in [0.3, 0.4) is 0 Å². The van der Waals surface area contributed by atoms with E-state index in [1.54, 1.807) is 53.4 Å². The first kappa shape index (κ1) is 36.8. The Kier molecular flexibility index (Phi) is 11.7. The normalized spacial score (nSPS) is 16.4. The molecule has 0 spiro atoms. The molecule has 1 N–H and O–H groups in total. The monoisotopic (exact) mass is 743 g/mol. The van der Waals surface area contributed by atoms with Gasteiger partial charge in [-0.1, -0.05) is 65.7 Å². The minimum Gasteiger partial charge on any atom is -0.338 e. The fourth-order valence-corrected chi connectivity index (χ4v) is 7.40. The van der Waals surface area contributed by atoms with Gasteiger partial charge in [0.05, 0.1) is 15.6 Å². The van der Waals surface area contributed by atoms with Gasteiger partial charge in [-0.25, -0.2) is 4.39 Å². The number of aromatic nitrogens is 2. The van der Waals surface area contributed by atoms with Gasteiger partial charge in [0, 0.05) is 36.8 Å². The standard InChI is InChI=1S/C38H39Cl2F4N5O2/c39-31-12-11-30(24-32(31)40)49(18-4-17-47-19-13-26(14-20-47)23-25-7-9-29(41)10-8-25)36(50)28-15-21-48(22-16-28)37(51)33-34(27-5-2-1-3-6-27)45-46-35(33)38(42,43)44/h1-3,5-12,24,26,28H,4,13-23H2,(H,45,46). The van der Waals surface area contributed by atoms with Crippen LogP contribution in [0.25, 0.3) is 11.3 Å². The first-order chi connectivity index (χ1) is 24.5. The predicted octanol–water partition coefficient (Wildman–Crippen LogP) is 8.77. The summed E-state index contributed by atoms with van der Waals surface area (Å²) < 4.78 is 55.2. The lowest BCUT2D eigenvalue weighted by Gasteiger charge is -2.35. The van der Waals surface area contributed by atoms with Crippen molar-refractivity contribution in [3.63, 3.8) is 0 Å². The molecule has 13 heteroatoms.